The number of hydrogen-bond acceptors (Lipinski definition) is 8. The molecule has 3 aliphatic rings. The zero-order valence-corrected chi connectivity index (χ0v) is 20.6. The molecule has 11 heteroatoms. The molecule has 1 aliphatic carbocycles. The van der Waals surface area contributed by atoms with Crippen molar-refractivity contribution in [2.24, 2.45) is 0 Å². The molecule has 0 spiro atoms. The number of hydrogen-bond donors (Lipinski definition) is 0. The van der Waals surface area contributed by atoms with Gasteiger partial charge >= 0.3 is 12.1 Å². The predicted octanol–water partition coefficient (Wildman–Crippen LogP) is 5.66. The van der Waals surface area contributed by atoms with Crippen molar-refractivity contribution in [3.8, 4) is 11.3 Å². The van der Waals surface area contributed by atoms with Crippen LogP contribution in [-0.4, -0.2) is 40.3 Å². The molecule has 1 aromatic carbocycles. The van der Waals surface area contributed by atoms with Gasteiger partial charge in [-0.3, -0.25) is 0 Å². The molecule has 4 heterocycles. The number of benzene rings is 1. The second kappa shape index (κ2) is 9.45. The Bertz CT molecular complexity index is 1380. The van der Waals surface area contributed by atoms with E-state index in [0.29, 0.717) is 23.7 Å². The van der Waals surface area contributed by atoms with E-state index in [1.807, 2.05) is 6.08 Å². The predicted molar refractivity (Wildman–Crippen MR) is 129 cm³/mol. The van der Waals surface area contributed by atoms with Crippen molar-refractivity contribution in [3.05, 3.63) is 70.9 Å². The van der Waals surface area contributed by atoms with Crippen molar-refractivity contribution < 1.29 is 32.0 Å². The van der Waals surface area contributed by atoms with Gasteiger partial charge in [0.25, 0.3) is 0 Å². The van der Waals surface area contributed by atoms with Crippen LogP contribution in [0.2, 0.25) is 0 Å². The van der Waals surface area contributed by atoms with Crippen LogP contribution < -0.4 is 4.90 Å². The molecule has 6 rings (SSSR count). The third-order valence-corrected chi connectivity index (χ3v) is 7.31. The van der Waals surface area contributed by atoms with Gasteiger partial charge in [-0.1, -0.05) is 23.4 Å². The summed E-state index contributed by atoms with van der Waals surface area (Å²) < 4.78 is 57.7. The van der Waals surface area contributed by atoms with Crippen LogP contribution in [0.5, 0.6) is 0 Å². The largest absolute Gasteiger partial charge is 0.493 e. The Morgan fingerprint density at radius 3 is 2.58 bits per heavy atom. The van der Waals surface area contributed by atoms with Gasteiger partial charge < -0.3 is 18.9 Å². The number of methoxy groups -OCH3 is 1. The molecular formula is C27H25F3N4O4. The minimum Gasteiger partial charge on any atom is -0.493 e. The molecule has 8 nitrogen and oxygen atoms in total. The van der Waals surface area contributed by atoms with Gasteiger partial charge in [0.1, 0.15) is 18.1 Å². The second-order valence-electron chi connectivity index (χ2n) is 9.79. The van der Waals surface area contributed by atoms with Gasteiger partial charge in [-0.25, -0.2) is 14.8 Å². The number of nitrogens with zero attached hydrogens (tertiary/aromatic N) is 4. The highest BCUT2D eigenvalue weighted by Gasteiger charge is 2.40. The molecule has 2 atom stereocenters. The summed E-state index contributed by atoms with van der Waals surface area (Å²) in [6.07, 6.45) is 4.67. The Balaban J connectivity index is 1.23. The summed E-state index contributed by atoms with van der Waals surface area (Å²) in [7, 11) is 1.30. The summed E-state index contributed by atoms with van der Waals surface area (Å²) >= 11 is 0. The zero-order chi connectivity index (χ0) is 26.4. The van der Waals surface area contributed by atoms with Crippen LogP contribution in [0.25, 0.3) is 11.3 Å². The average Bonchev–Trinajstić information content (AvgIpc) is 3.62. The summed E-state index contributed by atoms with van der Waals surface area (Å²) in [4.78, 5) is 22.5. The van der Waals surface area contributed by atoms with E-state index in [1.54, 1.807) is 6.07 Å². The number of ether oxygens (including phenoxy) is 2. The minimum absolute atomic E-state index is 0.00864. The van der Waals surface area contributed by atoms with Gasteiger partial charge in [-0.05, 0) is 37.8 Å². The standard InChI is InChI=1S/C27H25F3N4O4/c1-36-25(35)16-12-31-26(32-13-16)34-17-8-9-18(34)11-19(10-17)37-14-21-23(33-38-24(21)15-6-7-15)20-4-2-3-5-22(20)27(28,29)30/h2-5,10,12-13,15,17-18H,6-9,11,14H2,1H3. The number of esters is 1. The lowest BCUT2D eigenvalue weighted by atomic mass is 9.99. The maximum atomic E-state index is 13.7. The van der Waals surface area contributed by atoms with Crippen LogP contribution in [0, 0.1) is 0 Å². The molecule has 0 radical (unpaired) electrons. The molecule has 2 aromatic heterocycles. The van der Waals surface area contributed by atoms with E-state index in [2.05, 4.69) is 20.0 Å². The Morgan fingerprint density at radius 2 is 1.89 bits per heavy atom. The van der Waals surface area contributed by atoms with E-state index >= 15 is 0 Å². The Labute approximate surface area is 216 Å². The third kappa shape index (κ3) is 4.50. The number of rotatable bonds is 7. The molecule has 2 bridgehead atoms. The number of halogens is 3. The maximum Gasteiger partial charge on any atom is 0.417 e. The molecule has 2 aliphatic heterocycles. The fourth-order valence-electron chi connectivity index (χ4n) is 5.33. The number of anilines is 1. The smallest absolute Gasteiger partial charge is 0.417 e. The van der Waals surface area contributed by atoms with Crippen molar-refractivity contribution in [1.82, 2.24) is 15.1 Å². The SMILES string of the molecule is COC(=O)c1cnc(N2C3C=C(OCc4c(-c5ccccc5C(F)(F)F)noc4C4CC4)CC2CC3)nc1. The summed E-state index contributed by atoms with van der Waals surface area (Å²) in [5.74, 6) is 1.58. The summed E-state index contributed by atoms with van der Waals surface area (Å²) in [5.41, 5.74) is 0.274. The van der Waals surface area contributed by atoms with E-state index < -0.39 is 17.7 Å². The lowest BCUT2D eigenvalue weighted by Crippen LogP contribution is -2.40. The van der Waals surface area contributed by atoms with Gasteiger partial charge in [0, 0.05) is 36.3 Å². The highest BCUT2D eigenvalue weighted by Crippen LogP contribution is 2.46. The molecule has 0 N–H and O–H groups in total. The Morgan fingerprint density at radius 1 is 1.13 bits per heavy atom. The normalized spacial score (nSPS) is 20.8. The van der Waals surface area contributed by atoms with E-state index in [4.69, 9.17) is 14.0 Å². The van der Waals surface area contributed by atoms with Gasteiger partial charge in [0.2, 0.25) is 5.95 Å². The first kappa shape index (κ1) is 24.4. The zero-order valence-electron chi connectivity index (χ0n) is 20.6. The summed E-state index contributed by atoms with van der Waals surface area (Å²) in [6.45, 7) is 0.0759. The van der Waals surface area contributed by atoms with Crippen molar-refractivity contribution in [2.75, 3.05) is 12.0 Å². The molecule has 2 unspecified atom stereocenters. The molecule has 3 aromatic rings. The van der Waals surface area contributed by atoms with Crippen LogP contribution in [0.4, 0.5) is 19.1 Å². The first-order chi connectivity index (χ1) is 18.3. The lowest BCUT2D eigenvalue weighted by molar-refractivity contribution is -0.137. The minimum atomic E-state index is -4.51. The van der Waals surface area contributed by atoms with Crippen molar-refractivity contribution >= 4 is 11.9 Å². The molecular weight excluding hydrogens is 501 g/mol. The van der Waals surface area contributed by atoms with Gasteiger partial charge in [-0.2, -0.15) is 13.2 Å². The van der Waals surface area contributed by atoms with Crippen molar-refractivity contribution in [3.63, 3.8) is 0 Å². The van der Waals surface area contributed by atoms with E-state index in [9.17, 15) is 18.0 Å². The second-order valence-corrected chi connectivity index (χ2v) is 9.79. The molecule has 0 amide bonds. The molecule has 1 saturated heterocycles. The molecule has 2 fully saturated rings. The number of carbonyl (C=O) groups is 1. The fourth-order valence-corrected chi connectivity index (χ4v) is 5.33. The van der Waals surface area contributed by atoms with Crippen LogP contribution >= 0.6 is 0 Å². The Kier molecular flexibility index (Phi) is 6.08. The fraction of sp³-hybridized carbons (Fsp3) is 0.407. The average molecular weight is 527 g/mol. The molecule has 198 valence electrons. The van der Waals surface area contributed by atoms with Crippen molar-refractivity contribution in [2.45, 2.75) is 62.9 Å². The third-order valence-electron chi connectivity index (χ3n) is 7.31. The lowest BCUT2D eigenvalue weighted by Gasteiger charge is -2.33. The first-order valence-corrected chi connectivity index (χ1v) is 12.5. The maximum absolute atomic E-state index is 13.7. The van der Waals surface area contributed by atoms with Gasteiger partial charge in [0.05, 0.1) is 35.6 Å². The first-order valence-electron chi connectivity index (χ1n) is 12.5. The van der Waals surface area contributed by atoms with Crippen LogP contribution in [0.3, 0.4) is 0 Å². The van der Waals surface area contributed by atoms with E-state index in [-0.39, 0.29) is 41.4 Å². The van der Waals surface area contributed by atoms with Gasteiger partial charge in [0.15, 0.2) is 0 Å². The number of alkyl halides is 3. The molecule has 1 saturated carbocycles. The van der Waals surface area contributed by atoms with Gasteiger partial charge in [-0.15, -0.1) is 0 Å². The summed E-state index contributed by atoms with van der Waals surface area (Å²) in [5, 5.41) is 4.07. The highest BCUT2D eigenvalue weighted by atomic mass is 19.4. The van der Waals surface area contributed by atoms with Crippen LogP contribution in [0.15, 0.2) is 53.0 Å². The van der Waals surface area contributed by atoms with Crippen molar-refractivity contribution in [1.29, 1.82) is 0 Å². The highest BCUT2D eigenvalue weighted by molar-refractivity contribution is 5.88. The van der Waals surface area contributed by atoms with E-state index in [0.717, 1.165) is 37.5 Å². The molecule has 38 heavy (non-hydrogen) atoms. The number of carbonyl (C=O) groups excluding carboxylic acids is 1. The number of aromatic nitrogens is 3. The quantitative estimate of drug-likeness (QED) is 0.365. The summed E-state index contributed by atoms with van der Waals surface area (Å²) in [6, 6.07) is 5.54. The monoisotopic (exact) mass is 526 g/mol. The van der Waals surface area contributed by atoms with Crippen LogP contribution in [-0.2, 0) is 22.3 Å². The number of fused-ring (bicyclic) bond motifs is 2. The van der Waals surface area contributed by atoms with Crippen LogP contribution in [0.1, 0.15) is 65.3 Å². The topological polar surface area (TPSA) is 90.6 Å². The Hall–Kier alpha value is -3.89. The van der Waals surface area contributed by atoms with E-state index in [1.165, 1.54) is 31.6 Å².